The number of halogens is 3. The molecule has 0 spiro atoms. The Labute approximate surface area is 118 Å². The van der Waals surface area contributed by atoms with E-state index in [-0.39, 0.29) is 5.76 Å². The summed E-state index contributed by atoms with van der Waals surface area (Å²) < 4.78 is 42.8. The van der Waals surface area contributed by atoms with E-state index in [0.29, 0.717) is 11.3 Å². The van der Waals surface area contributed by atoms with Gasteiger partial charge in [0.1, 0.15) is 0 Å². The molecule has 0 aliphatic rings. The van der Waals surface area contributed by atoms with Crippen molar-refractivity contribution in [2.45, 2.75) is 26.1 Å². The number of alkyl halides is 3. The number of benzene rings is 1. The number of hydrogen-bond donors (Lipinski definition) is 1. The molecule has 2 aromatic rings. The molecule has 1 aromatic carbocycles. The van der Waals surface area contributed by atoms with Crippen molar-refractivity contribution < 1.29 is 22.5 Å². The zero-order valence-corrected chi connectivity index (χ0v) is 11.4. The van der Waals surface area contributed by atoms with Crippen molar-refractivity contribution in [3.05, 3.63) is 52.9 Å². The fourth-order valence-corrected chi connectivity index (χ4v) is 1.81. The molecule has 0 bridgehead atoms. The number of carbonyl (C=O) groups is 1. The van der Waals surface area contributed by atoms with E-state index in [2.05, 4.69) is 10.5 Å². The van der Waals surface area contributed by atoms with Crippen LogP contribution in [0.4, 0.5) is 13.2 Å². The first-order valence-corrected chi connectivity index (χ1v) is 6.18. The Hall–Kier alpha value is -2.31. The van der Waals surface area contributed by atoms with Crippen LogP contribution in [-0.4, -0.2) is 11.1 Å². The van der Waals surface area contributed by atoms with Crippen LogP contribution in [0.2, 0.25) is 0 Å². The minimum absolute atomic E-state index is 0.0197. The van der Waals surface area contributed by atoms with Crippen LogP contribution in [0.15, 0.2) is 34.9 Å². The van der Waals surface area contributed by atoms with Crippen LogP contribution in [0.25, 0.3) is 0 Å². The summed E-state index contributed by atoms with van der Waals surface area (Å²) in [5.74, 6) is -0.508. The summed E-state index contributed by atoms with van der Waals surface area (Å²) in [6, 6.07) is 5.68. The van der Waals surface area contributed by atoms with Crippen molar-refractivity contribution in [1.82, 2.24) is 10.5 Å². The van der Waals surface area contributed by atoms with Crippen LogP contribution in [0.1, 0.15) is 40.3 Å². The number of aromatic nitrogens is 1. The van der Waals surface area contributed by atoms with Gasteiger partial charge in [-0.1, -0.05) is 17.3 Å². The molecule has 112 valence electrons. The maximum absolute atomic E-state index is 12.7. The highest BCUT2D eigenvalue weighted by atomic mass is 19.4. The van der Waals surface area contributed by atoms with Gasteiger partial charge in [0, 0.05) is 6.07 Å². The average molecular weight is 298 g/mol. The lowest BCUT2D eigenvalue weighted by molar-refractivity contribution is -0.137. The normalized spacial score (nSPS) is 13.0. The lowest BCUT2D eigenvalue weighted by atomic mass is 10.0. The number of rotatable bonds is 3. The Balaban J connectivity index is 2.13. The molecule has 1 N–H and O–H groups in total. The highest BCUT2D eigenvalue weighted by Crippen LogP contribution is 2.30. The predicted octanol–water partition coefficient (Wildman–Crippen LogP) is 3.49. The molecule has 1 unspecified atom stereocenters. The van der Waals surface area contributed by atoms with Gasteiger partial charge < -0.3 is 9.84 Å². The topological polar surface area (TPSA) is 55.1 Å². The molecule has 0 saturated carbocycles. The Morgan fingerprint density at radius 2 is 2.05 bits per heavy atom. The first kappa shape index (κ1) is 15.1. The van der Waals surface area contributed by atoms with Crippen molar-refractivity contribution in [2.24, 2.45) is 0 Å². The van der Waals surface area contributed by atoms with E-state index in [9.17, 15) is 18.0 Å². The van der Waals surface area contributed by atoms with Gasteiger partial charge >= 0.3 is 6.18 Å². The number of amides is 1. The van der Waals surface area contributed by atoms with E-state index in [1.165, 1.54) is 18.2 Å². The highest BCUT2D eigenvalue weighted by Gasteiger charge is 2.30. The van der Waals surface area contributed by atoms with Crippen molar-refractivity contribution in [3.63, 3.8) is 0 Å². The number of hydrogen-bond acceptors (Lipinski definition) is 3. The summed E-state index contributed by atoms with van der Waals surface area (Å²) >= 11 is 0. The van der Waals surface area contributed by atoms with Gasteiger partial charge in [-0.25, -0.2) is 0 Å². The Kier molecular flexibility index (Phi) is 4.02. The zero-order chi connectivity index (χ0) is 15.6. The van der Waals surface area contributed by atoms with Gasteiger partial charge in [-0.15, -0.1) is 0 Å². The van der Waals surface area contributed by atoms with Gasteiger partial charge in [0.05, 0.1) is 17.3 Å². The van der Waals surface area contributed by atoms with Gasteiger partial charge in [0.15, 0.2) is 0 Å². The second-order valence-electron chi connectivity index (χ2n) is 4.65. The van der Waals surface area contributed by atoms with Crippen molar-refractivity contribution in [3.8, 4) is 0 Å². The summed E-state index contributed by atoms with van der Waals surface area (Å²) in [4.78, 5) is 11.9. The fraction of sp³-hybridized carbons (Fsp3) is 0.286. The van der Waals surface area contributed by atoms with Gasteiger partial charge in [-0.3, -0.25) is 4.79 Å². The lowest BCUT2D eigenvalue weighted by Gasteiger charge is -2.15. The molecule has 1 atom stereocenters. The van der Waals surface area contributed by atoms with Gasteiger partial charge in [0.2, 0.25) is 5.76 Å². The predicted molar refractivity (Wildman–Crippen MR) is 68.6 cm³/mol. The van der Waals surface area contributed by atoms with Crippen molar-refractivity contribution in [1.29, 1.82) is 0 Å². The molecule has 7 heteroatoms. The Morgan fingerprint density at radius 3 is 2.62 bits per heavy atom. The smallest absolute Gasteiger partial charge is 0.351 e. The molecule has 4 nitrogen and oxygen atoms in total. The third kappa shape index (κ3) is 3.62. The van der Waals surface area contributed by atoms with E-state index in [1.807, 2.05) is 0 Å². The maximum Gasteiger partial charge on any atom is 0.416 e. The van der Waals surface area contributed by atoms with Crippen molar-refractivity contribution >= 4 is 5.91 Å². The molecule has 2 rings (SSSR count). The Bertz CT molecular complexity index is 650. The first-order chi connectivity index (χ1) is 9.77. The molecule has 1 amide bonds. The fourth-order valence-electron chi connectivity index (χ4n) is 1.81. The number of aryl methyl sites for hydroxylation is 1. The minimum Gasteiger partial charge on any atom is -0.351 e. The van der Waals surface area contributed by atoms with Crippen LogP contribution in [-0.2, 0) is 6.18 Å². The van der Waals surface area contributed by atoms with Crippen LogP contribution in [0.3, 0.4) is 0 Å². The molecule has 1 aromatic heterocycles. The Morgan fingerprint density at radius 1 is 1.33 bits per heavy atom. The minimum atomic E-state index is -4.41. The van der Waals surface area contributed by atoms with E-state index in [4.69, 9.17) is 4.52 Å². The SMILES string of the molecule is Cc1cc(C(=O)NC(C)c2cccc(C(F)(F)F)c2)on1. The second-order valence-corrected chi connectivity index (χ2v) is 4.65. The molecule has 0 aliphatic heterocycles. The van der Waals surface area contributed by atoms with Gasteiger partial charge in [-0.05, 0) is 31.5 Å². The van der Waals surface area contributed by atoms with E-state index < -0.39 is 23.7 Å². The lowest BCUT2D eigenvalue weighted by Crippen LogP contribution is -2.26. The van der Waals surface area contributed by atoms with E-state index in [0.717, 1.165) is 12.1 Å². The van der Waals surface area contributed by atoms with Crippen LogP contribution >= 0.6 is 0 Å². The largest absolute Gasteiger partial charge is 0.416 e. The molecule has 21 heavy (non-hydrogen) atoms. The van der Waals surface area contributed by atoms with Gasteiger partial charge in [0.25, 0.3) is 5.91 Å². The summed E-state index contributed by atoms with van der Waals surface area (Å²) in [7, 11) is 0. The highest BCUT2D eigenvalue weighted by molar-refractivity contribution is 5.91. The summed E-state index contributed by atoms with van der Waals surface area (Å²) in [6.45, 7) is 3.26. The summed E-state index contributed by atoms with van der Waals surface area (Å²) in [5.41, 5.74) is 0.151. The quantitative estimate of drug-likeness (QED) is 0.943. The third-order valence-electron chi connectivity index (χ3n) is 2.91. The van der Waals surface area contributed by atoms with E-state index >= 15 is 0 Å². The standard InChI is InChI=1S/C14H13F3N2O2/c1-8-6-12(21-19-8)13(20)18-9(2)10-4-3-5-11(7-10)14(15,16)17/h3-7,9H,1-2H3,(H,18,20). The number of nitrogens with zero attached hydrogens (tertiary/aromatic N) is 1. The number of nitrogens with one attached hydrogen (secondary N) is 1. The molecular formula is C14H13F3N2O2. The third-order valence-corrected chi connectivity index (χ3v) is 2.91. The monoisotopic (exact) mass is 298 g/mol. The maximum atomic E-state index is 12.7. The second kappa shape index (κ2) is 5.59. The van der Waals surface area contributed by atoms with Gasteiger partial charge in [-0.2, -0.15) is 13.2 Å². The zero-order valence-electron chi connectivity index (χ0n) is 11.4. The molecule has 0 fully saturated rings. The van der Waals surface area contributed by atoms with Crippen molar-refractivity contribution in [2.75, 3.05) is 0 Å². The van der Waals surface area contributed by atoms with Crippen LogP contribution < -0.4 is 5.32 Å². The summed E-state index contributed by atoms with van der Waals surface area (Å²) in [5, 5.41) is 6.14. The van der Waals surface area contributed by atoms with E-state index in [1.54, 1.807) is 13.8 Å². The molecule has 0 saturated heterocycles. The molecule has 0 aliphatic carbocycles. The van der Waals surface area contributed by atoms with Crippen LogP contribution in [0.5, 0.6) is 0 Å². The summed E-state index contributed by atoms with van der Waals surface area (Å²) in [6.07, 6.45) is -4.41. The molecule has 0 radical (unpaired) electrons. The average Bonchev–Trinajstić information content (AvgIpc) is 2.84. The molecule has 1 heterocycles. The number of carbonyl (C=O) groups excluding carboxylic acids is 1. The first-order valence-electron chi connectivity index (χ1n) is 6.18. The van der Waals surface area contributed by atoms with Crippen LogP contribution in [0, 0.1) is 6.92 Å². The molecular weight excluding hydrogens is 285 g/mol.